The van der Waals surface area contributed by atoms with Crippen LogP contribution in [0, 0.1) is 0 Å². The van der Waals surface area contributed by atoms with Gasteiger partial charge >= 0.3 is 0 Å². The van der Waals surface area contributed by atoms with Crippen molar-refractivity contribution >= 4 is 0 Å². The van der Waals surface area contributed by atoms with E-state index in [0.717, 1.165) is 0 Å². The fourth-order valence-electron chi connectivity index (χ4n) is 3.55. The number of hydrogen-bond acceptors (Lipinski definition) is 1. The second-order valence-electron chi connectivity index (χ2n) is 6.89. The molecule has 0 spiro atoms. The summed E-state index contributed by atoms with van der Waals surface area (Å²) in [7, 11) is 0. The van der Waals surface area contributed by atoms with Crippen molar-refractivity contribution in [2.75, 3.05) is 0 Å². The third-order valence-electron chi connectivity index (χ3n) is 5.22. The van der Waals surface area contributed by atoms with Gasteiger partial charge in [-0.1, -0.05) is 88.6 Å². The Morgan fingerprint density at radius 2 is 1.48 bits per heavy atom. The zero-order chi connectivity index (χ0) is 15.0. The maximum absolute atomic E-state index is 6.53. The van der Waals surface area contributed by atoms with Crippen LogP contribution in [-0.4, -0.2) is 6.04 Å². The molecule has 0 amide bonds. The first-order valence-corrected chi connectivity index (χ1v) is 9.11. The van der Waals surface area contributed by atoms with Crippen molar-refractivity contribution in [3.8, 4) is 0 Å². The van der Waals surface area contributed by atoms with Crippen LogP contribution in [-0.2, 0) is 5.41 Å². The molecule has 0 saturated heterocycles. The number of unbranched alkanes of at least 4 members (excludes halogenated alkanes) is 7. The van der Waals surface area contributed by atoms with Gasteiger partial charge in [-0.25, -0.2) is 0 Å². The van der Waals surface area contributed by atoms with Crippen molar-refractivity contribution in [1.29, 1.82) is 0 Å². The molecule has 1 unspecified atom stereocenters. The summed E-state index contributed by atoms with van der Waals surface area (Å²) < 4.78 is 0. The Kier molecular flexibility index (Phi) is 6.76. The lowest BCUT2D eigenvalue weighted by Gasteiger charge is -2.24. The SMILES string of the molecule is CCCCCCCCCCC(N)C1(c2ccccc2)CC1. The van der Waals surface area contributed by atoms with Gasteiger partial charge in [0.05, 0.1) is 0 Å². The van der Waals surface area contributed by atoms with Gasteiger partial charge in [0.1, 0.15) is 0 Å². The first-order valence-electron chi connectivity index (χ1n) is 9.11. The van der Waals surface area contributed by atoms with Gasteiger partial charge in [0.2, 0.25) is 0 Å². The van der Waals surface area contributed by atoms with Crippen LogP contribution in [0.1, 0.15) is 83.1 Å². The van der Waals surface area contributed by atoms with Gasteiger partial charge in [-0.3, -0.25) is 0 Å². The van der Waals surface area contributed by atoms with E-state index in [0.29, 0.717) is 11.5 Å². The molecule has 1 aromatic rings. The molecule has 1 heteroatoms. The van der Waals surface area contributed by atoms with Crippen LogP contribution in [0.4, 0.5) is 0 Å². The summed E-state index contributed by atoms with van der Waals surface area (Å²) in [4.78, 5) is 0. The lowest BCUT2D eigenvalue weighted by molar-refractivity contribution is 0.454. The number of benzene rings is 1. The summed E-state index contributed by atoms with van der Waals surface area (Å²) in [6, 6.07) is 11.3. The van der Waals surface area contributed by atoms with Crippen LogP contribution in [0.3, 0.4) is 0 Å². The van der Waals surface area contributed by atoms with Crippen LogP contribution in [0.5, 0.6) is 0 Å². The highest BCUT2D eigenvalue weighted by Crippen LogP contribution is 2.51. The van der Waals surface area contributed by atoms with E-state index in [1.807, 2.05) is 0 Å². The fraction of sp³-hybridized carbons (Fsp3) is 0.700. The fourth-order valence-corrected chi connectivity index (χ4v) is 3.55. The zero-order valence-corrected chi connectivity index (χ0v) is 13.8. The maximum atomic E-state index is 6.53. The summed E-state index contributed by atoms with van der Waals surface area (Å²) in [5.41, 5.74) is 8.32. The van der Waals surface area contributed by atoms with Gasteiger partial charge in [0, 0.05) is 11.5 Å². The van der Waals surface area contributed by atoms with E-state index in [-0.39, 0.29) is 0 Å². The molecule has 1 aliphatic rings. The van der Waals surface area contributed by atoms with Gasteiger partial charge in [0.15, 0.2) is 0 Å². The van der Waals surface area contributed by atoms with Crippen LogP contribution in [0.15, 0.2) is 30.3 Å². The van der Waals surface area contributed by atoms with E-state index < -0.39 is 0 Å². The predicted octanol–water partition coefficient (Wildman–Crippen LogP) is 5.58. The molecular weight excluding hydrogens is 254 g/mol. The van der Waals surface area contributed by atoms with Crippen molar-refractivity contribution in [2.45, 2.75) is 89.0 Å². The molecular formula is C20H33N. The van der Waals surface area contributed by atoms with Crippen LogP contribution in [0.25, 0.3) is 0 Å². The molecule has 1 fully saturated rings. The largest absolute Gasteiger partial charge is 0.327 e. The maximum Gasteiger partial charge on any atom is 0.0136 e. The molecule has 21 heavy (non-hydrogen) atoms. The normalized spacial score (nSPS) is 17.6. The second-order valence-corrected chi connectivity index (χ2v) is 6.89. The summed E-state index contributed by atoms with van der Waals surface area (Å²) >= 11 is 0. The number of rotatable bonds is 11. The van der Waals surface area contributed by atoms with E-state index >= 15 is 0 Å². The van der Waals surface area contributed by atoms with Gasteiger partial charge in [-0.2, -0.15) is 0 Å². The monoisotopic (exact) mass is 287 g/mol. The summed E-state index contributed by atoms with van der Waals surface area (Å²) in [5, 5.41) is 0. The average molecular weight is 287 g/mol. The van der Waals surface area contributed by atoms with Gasteiger partial charge in [-0.05, 0) is 24.8 Å². The van der Waals surface area contributed by atoms with Crippen LogP contribution >= 0.6 is 0 Å². The Hall–Kier alpha value is -0.820. The molecule has 0 aromatic heterocycles. The van der Waals surface area contributed by atoms with E-state index in [9.17, 15) is 0 Å². The minimum Gasteiger partial charge on any atom is -0.327 e. The molecule has 1 saturated carbocycles. The second kappa shape index (κ2) is 8.58. The highest BCUT2D eigenvalue weighted by molar-refractivity contribution is 5.33. The first-order chi connectivity index (χ1) is 10.3. The van der Waals surface area contributed by atoms with Crippen LogP contribution < -0.4 is 5.73 Å². The minimum atomic E-state index is 0.322. The van der Waals surface area contributed by atoms with E-state index in [2.05, 4.69) is 37.3 Å². The van der Waals surface area contributed by atoms with Crippen molar-refractivity contribution in [3.63, 3.8) is 0 Å². The lowest BCUT2D eigenvalue weighted by atomic mass is 9.85. The Labute approximate surface area is 131 Å². The van der Waals surface area contributed by atoms with Crippen molar-refractivity contribution in [3.05, 3.63) is 35.9 Å². The van der Waals surface area contributed by atoms with E-state index in [1.165, 1.54) is 76.2 Å². The highest BCUT2D eigenvalue weighted by Gasteiger charge is 2.48. The molecule has 0 bridgehead atoms. The average Bonchev–Trinajstić information content (AvgIpc) is 3.32. The molecule has 2 N–H and O–H groups in total. The molecule has 118 valence electrons. The van der Waals surface area contributed by atoms with Gasteiger partial charge in [-0.15, -0.1) is 0 Å². The Balaban J connectivity index is 1.61. The molecule has 1 aromatic carbocycles. The number of nitrogens with two attached hydrogens (primary N) is 1. The molecule has 0 aliphatic heterocycles. The van der Waals surface area contributed by atoms with Crippen molar-refractivity contribution in [2.24, 2.45) is 5.73 Å². The lowest BCUT2D eigenvalue weighted by Crippen LogP contribution is -2.34. The minimum absolute atomic E-state index is 0.322. The van der Waals surface area contributed by atoms with E-state index in [4.69, 9.17) is 5.73 Å². The van der Waals surface area contributed by atoms with Gasteiger partial charge < -0.3 is 5.73 Å². The highest BCUT2D eigenvalue weighted by atomic mass is 14.7. The number of hydrogen-bond donors (Lipinski definition) is 1. The Bertz CT molecular complexity index is 380. The van der Waals surface area contributed by atoms with Gasteiger partial charge in [0.25, 0.3) is 0 Å². The molecule has 0 radical (unpaired) electrons. The molecule has 2 rings (SSSR count). The van der Waals surface area contributed by atoms with Crippen molar-refractivity contribution < 1.29 is 0 Å². The summed E-state index contributed by atoms with van der Waals surface area (Å²) in [5.74, 6) is 0. The molecule has 0 heterocycles. The smallest absolute Gasteiger partial charge is 0.0136 e. The predicted molar refractivity (Wildman–Crippen MR) is 92.6 cm³/mol. The summed E-state index contributed by atoms with van der Waals surface area (Å²) in [6.45, 7) is 2.28. The molecule has 1 nitrogen and oxygen atoms in total. The standard InChI is InChI=1S/C20H33N/c1-2-3-4-5-6-7-8-12-15-19(21)20(16-17-20)18-13-10-9-11-14-18/h9-11,13-14,19H,2-8,12,15-17,21H2,1H3. The molecule has 1 atom stereocenters. The topological polar surface area (TPSA) is 26.0 Å². The van der Waals surface area contributed by atoms with Crippen molar-refractivity contribution in [1.82, 2.24) is 0 Å². The first kappa shape index (κ1) is 16.5. The third-order valence-corrected chi connectivity index (χ3v) is 5.22. The quantitative estimate of drug-likeness (QED) is 0.528. The van der Waals surface area contributed by atoms with Crippen LogP contribution in [0.2, 0.25) is 0 Å². The Morgan fingerprint density at radius 1 is 0.905 bits per heavy atom. The Morgan fingerprint density at radius 3 is 2.05 bits per heavy atom. The summed E-state index contributed by atoms with van der Waals surface area (Å²) in [6.07, 6.45) is 14.9. The third kappa shape index (κ3) is 4.85. The zero-order valence-electron chi connectivity index (χ0n) is 13.8. The van der Waals surface area contributed by atoms with E-state index in [1.54, 1.807) is 0 Å². The molecule has 1 aliphatic carbocycles.